The highest BCUT2D eigenvalue weighted by Gasteiger charge is 2.15. The summed E-state index contributed by atoms with van der Waals surface area (Å²) < 4.78 is 1.96. The van der Waals surface area contributed by atoms with Crippen LogP contribution in [0.15, 0.2) is 84.1 Å². The van der Waals surface area contributed by atoms with E-state index >= 15 is 0 Å². The van der Waals surface area contributed by atoms with Gasteiger partial charge in [0.15, 0.2) is 5.96 Å². The van der Waals surface area contributed by atoms with E-state index in [9.17, 15) is 9.59 Å². The molecule has 0 radical (unpaired) electrons. The molecule has 10 heteroatoms. The molecule has 3 heterocycles. The van der Waals surface area contributed by atoms with Gasteiger partial charge >= 0.3 is 0 Å². The molecular weight excluding hydrogens is 552 g/mol. The number of aldehydes is 1. The van der Waals surface area contributed by atoms with Crippen LogP contribution in [0.2, 0.25) is 0 Å². The van der Waals surface area contributed by atoms with Gasteiger partial charge in [-0.1, -0.05) is 51.1 Å². The predicted octanol–water partition coefficient (Wildman–Crippen LogP) is 5.17. The van der Waals surface area contributed by atoms with Crippen LogP contribution in [0.3, 0.4) is 0 Å². The number of likely N-dealkylation sites (N-methyl/N-ethyl adjacent to an activating group) is 1. The van der Waals surface area contributed by atoms with Crippen molar-refractivity contribution >= 4 is 40.6 Å². The van der Waals surface area contributed by atoms with Crippen LogP contribution in [0.5, 0.6) is 0 Å². The van der Waals surface area contributed by atoms with Crippen molar-refractivity contribution in [3.63, 3.8) is 0 Å². The number of nitrogens with zero attached hydrogens (tertiary/aromatic N) is 6. The summed E-state index contributed by atoms with van der Waals surface area (Å²) in [5.74, 6) is 0.984. The van der Waals surface area contributed by atoms with Crippen LogP contribution in [0, 0.1) is 6.92 Å². The van der Waals surface area contributed by atoms with Crippen LogP contribution in [0.25, 0.3) is 33.3 Å². The molecule has 0 saturated heterocycles. The molecule has 0 aliphatic carbocycles. The first-order chi connectivity index (χ1) is 21.4. The van der Waals surface area contributed by atoms with Gasteiger partial charge in [-0.15, -0.1) is 0 Å². The molecule has 10 nitrogen and oxygen atoms in total. The van der Waals surface area contributed by atoms with E-state index < -0.39 is 0 Å². The first-order valence-electron chi connectivity index (χ1n) is 14.7. The first kappa shape index (κ1) is 35.1. The van der Waals surface area contributed by atoms with Crippen molar-refractivity contribution in [3.05, 3.63) is 90.4 Å². The minimum Gasteiger partial charge on any atom is -0.370 e. The van der Waals surface area contributed by atoms with Crippen molar-refractivity contribution in [2.24, 2.45) is 16.5 Å². The van der Waals surface area contributed by atoms with Crippen LogP contribution in [-0.2, 0) is 22.6 Å². The van der Waals surface area contributed by atoms with Crippen molar-refractivity contribution in [2.45, 2.75) is 47.1 Å². The van der Waals surface area contributed by atoms with E-state index in [0.717, 1.165) is 83.2 Å². The summed E-state index contributed by atoms with van der Waals surface area (Å²) in [6.07, 6.45) is 7.09. The lowest BCUT2D eigenvalue weighted by atomic mass is 10.1. The van der Waals surface area contributed by atoms with Crippen LogP contribution in [-0.4, -0.2) is 63.2 Å². The second-order valence-electron chi connectivity index (χ2n) is 9.54. The molecule has 4 N–H and O–H groups in total. The number of guanidine groups is 1. The van der Waals surface area contributed by atoms with Crippen molar-refractivity contribution in [1.29, 1.82) is 0 Å². The molecule has 0 saturated carbocycles. The molecule has 1 amide bonds. The molecule has 0 fully saturated rings. The molecule has 3 aromatic heterocycles. The number of aliphatic imine (C=N–C) groups is 1. The highest BCUT2D eigenvalue weighted by molar-refractivity contribution is 5.95. The summed E-state index contributed by atoms with van der Waals surface area (Å²) >= 11 is 0. The summed E-state index contributed by atoms with van der Waals surface area (Å²) in [6.45, 7) is 9.81. The Kier molecular flexibility index (Phi) is 15.3. The molecule has 0 spiro atoms. The number of rotatable bonds is 9. The molecule has 0 atom stereocenters. The lowest BCUT2D eigenvalue weighted by Gasteiger charge is -2.08. The Labute approximate surface area is 259 Å². The molecule has 0 aliphatic heterocycles. The summed E-state index contributed by atoms with van der Waals surface area (Å²) in [5, 5.41) is 1.04. The fourth-order valence-electron chi connectivity index (χ4n) is 4.13. The van der Waals surface area contributed by atoms with E-state index in [-0.39, 0.29) is 12.5 Å². The third kappa shape index (κ3) is 10.6. The Morgan fingerprint density at radius 2 is 1.70 bits per heavy atom. The van der Waals surface area contributed by atoms with E-state index in [1.807, 2.05) is 99.0 Å². The minimum absolute atomic E-state index is 0.182. The lowest BCUT2D eigenvalue weighted by molar-refractivity contribution is -0.117. The lowest BCUT2D eigenvalue weighted by Crippen LogP contribution is -2.22. The third-order valence-electron chi connectivity index (χ3n) is 6.20. The van der Waals surface area contributed by atoms with Gasteiger partial charge in [-0.05, 0) is 55.3 Å². The van der Waals surface area contributed by atoms with Gasteiger partial charge in [0.05, 0.1) is 23.1 Å². The van der Waals surface area contributed by atoms with Crippen molar-refractivity contribution in [1.82, 2.24) is 24.4 Å². The highest BCUT2D eigenvalue weighted by atomic mass is 16.1. The number of fused-ring (bicyclic) bond motifs is 2. The minimum atomic E-state index is 0.182. The van der Waals surface area contributed by atoms with Crippen LogP contribution in [0.1, 0.15) is 38.4 Å². The number of carbonyl (C=O) groups is 2. The molecule has 232 valence electrons. The van der Waals surface area contributed by atoms with Crippen LogP contribution in [0.4, 0.5) is 0 Å². The molecule has 5 rings (SSSR count). The Bertz CT molecular complexity index is 1610. The maximum absolute atomic E-state index is 11.2. The number of aromatic nitrogens is 4. The van der Waals surface area contributed by atoms with Crippen molar-refractivity contribution < 1.29 is 9.59 Å². The van der Waals surface area contributed by atoms with E-state index in [2.05, 4.69) is 15.0 Å². The SMILES string of the molecule is CC.CCCN=C(N)N.CN(C=O)CCc1ccccn1.Cc1ccc2c(c1)nc(-c1ccnc3ccccc13)n2CC=O. The number of carbonyl (C=O) groups excluding carboxylic acids is 2. The molecule has 0 aliphatic rings. The van der Waals surface area contributed by atoms with E-state index in [0.29, 0.717) is 0 Å². The van der Waals surface area contributed by atoms with Gasteiger partial charge in [0.2, 0.25) is 6.41 Å². The maximum atomic E-state index is 11.2. The number of hydrogen-bond donors (Lipinski definition) is 2. The van der Waals surface area contributed by atoms with E-state index in [1.165, 1.54) is 0 Å². The maximum Gasteiger partial charge on any atom is 0.209 e. The van der Waals surface area contributed by atoms with Gasteiger partial charge in [-0.25, -0.2) is 4.98 Å². The Morgan fingerprint density at radius 1 is 0.955 bits per heavy atom. The molecule has 2 aromatic carbocycles. The van der Waals surface area contributed by atoms with Gasteiger partial charge in [0.25, 0.3) is 0 Å². The normalized spacial score (nSPS) is 9.84. The average molecular weight is 597 g/mol. The van der Waals surface area contributed by atoms with Gasteiger partial charge in [0.1, 0.15) is 12.1 Å². The number of nitrogens with two attached hydrogens (primary N) is 2. The van der Waals surface area contributed by atoms with E-state index in [4.69, 9.17) is 16.5 Å². The Balaban J connectivity index is 0.000000270. The summed E-state index contributed by atoms with van der Waals surface area (Å²) in [6, 6.07) is 21.8. The smallest absolute Gasteiger partial charge is 0.209 e. The van der Waals surface area contributed by atoms with Gasteiger partial charge in [-0.2, -0.15) is 0 Å². The molecule has 0 unspecified atom stereocenters. The zero-order valence-electron chi connectivity index (χ0n) is 26.4. The summed E-state index contributed by atoms with van der Waals surface area (Å²) in [4.78, 5) is 40.1. The number of hydrogen-bond acceptors (Lipinski definition) is 6. The third-order valence-corrected chi connectivity index (χ3v) is 6.20. The molecule has 5 aromatic rings. The number of aryl methyl sites for hydroxylation is 1. The van der Waals surface area contributed by atoms with E-state index in [1.54, 1.807) is 24.3 Å². The number of pyridine rings is 2. The monoisotopic (exact) mass is 596 g/mol. The van der Waals surface area contributed by atoms with Crippen LogP contribution >= 0.6 is 0 Å². The first-order valence-corrected chi connectivity index (χ1v) is 14.7. The summed E-state index contributed by atoms with van der Waals surface area (Å²) in [7, 11) is 1.76. The highest BCUT2D eigenvalue weighted by Crippen LogP contribution is 2.30. The fourth-order valence-corrected chi connectivity index (χ4v) is 4.13. The second-order valence-corrected chi connectivity index (χ2v) is 9.54. The fraction of sp³-hybridized carbons (Fsp3) is 0.294. The Morgan fingerprint density at radius 3 is 2.34 bits per heavy atom. The topological polar surface area (TPSA) is 145 Å². The average Bonchev–Trinajstić information content (AvgIpc) is 3.41. The Hall–Kier alpha value is -5.12. The predicted molar refractivity (Wildman–Crippen MR) is 180 cm³/mol. The standard InChI is InChI=1S/C19H15N3O.C9H12N2O.C4H11N3.C2H6/c1-13-6-7-18-17(12-13)21-19(22(18)10-11-23)15-8-9-20-16-5-3-2-4-14(15)16;1-11(8-12)7-5-9-4-2-3-6-10-9;1-2-3-7-4(5)6;1-2/h2-9,11-12H,10H2,1H3;2-4,6,8H,5,7H2,1H3;2-3H2,1H3,(H4,5,6,7);1-2H3. The number of para-hydroxylation sites is 1. The van der Waals surface area contributed by atoms with Crippen molar-refractivity contribution in [2.75, 3.05) is 20.1 Å². The largest absolute Gasteiger partial charge is 0.370 e. The second kappa shape index (κ2) is 19.1. The zero-order valence-corrected chi connectivity index (χ0v) is 26.4. The number of imidazole rings is 1. The quantitative estimate of drug-likeness (QED) is 0.136. The van der Waals surface area contributed by atoms with Gasteiger partial charge in [0, 0.05) is 55.6 Å². The molecular formula is C34H44N8O2. The molecule has 44 heavy (non-hydrogen) atoms. The van der Waals surface area contributed by atoms with Crippen molar-refractivity contribution in [3.8, 4) is 11.4 Å². The zero-order chi connectivity index (χ0) is 32.3. The van der Waals surface area contributed by atoms with Gasteiger partial charge < -0.3 is 25.7 Å². The number of amides is 1. The molecule has 0 bridgehead atoms. The summed E-state index contributed by atoms with van der Waals surface area (Å²) in [5.41, 5.74) is 16.0. The van der Waals surface area contributed by atoms with Crippen LogP contribution < -0.4 is 11.5 Å². The van der Waals surface area contributed by atoms with Gasteiger partial charge in [-0.3, -0.25) is 19.8 Å². The number of benzene rings is 2.